The molecule has 3 aliphatic rings. The zero-order chi connectivity index (χ0) is 20.7. The van der Waals surface area contributed by atoms with E-state index in [4.69, 9.17) is 4.52 Å². The van der Waals surface area contributed by atoms with Gasteiger partial charge in [-0.05, 0) is 87.9 Å². The fourth-order valence-corrected chi connectivity index (χ4v) is 5.84. The van der Waals surface area contributed by atoms with Crippen LogP contribution >= 0.6 is 0 Å². The summed E-state index contributed by atoms with van der Waals surface area (Å²) in [6.45, 7) is 7.13. The molecule has 1 aromatic heterocycles. The summed E-state index contributed by atoms with van der Waals surface area (Å²) < 4.78 is 5.35. The average Bonchev–Trinajstić information content (AvgIpc) is 3.19. The van der Waals surface area contributed by atoms with Crippen LogP contribution < -0.4 is 5.32 Å². The molecule has 1 aliphatic heterocycles. The van der Waals surface area contributed by atoms with Crippen molar-refractivity contribution in [1.82, 2.24) is 15.4 Å². The van der Waals surface area contributed by atoms with E-state index >= 15 is 0 Å². The highest BCUT2D eigenvalue weighted by Gasteiger charge is 2.45. The van der Waals surface area contributed by atoms with E-state index in [1.54, 1.807) is 0 Å². The zero-order valence-corrected chi connectivity index (χ0v) is 18.2. The van der Waals surface area contributed by atoms with Crippen molar-refractivity contribution in [2.24, 2.45) is 0 Å². The van der Waals surface area contributed by atoms with E-state index in [0.717, 1.165) is 63.2 Å². The number of benzene rings is 1. The van der Waals surface area contributed by atoms with Crippen molar-refractivity contribution >= 4 is 5.91 Å². The molecule has 2 fully saturated rings. The number of fused-ring (bicyclic) bond motifs is 2. The van der Waals surface area contributed by atoms with Crippen LogP contribution in [0.3, 0.4) is 0 Å². The topological polar surface area (TPSA) is 58.4 Å². The first-order chi connectivity index (χ1) is 14.5. The molecule has 1 saturated heterocycles. The van der Waals surface area contributed by atoms with E-state index in [2.05, 4.69) is 39.6 Å². The van der Waals surface area contributed by atoms with Crippen molar-refractivity contribution < 1.29 is 9.32 Å². The molecule has 1 N–H and O–H groups in total. The van der Waals surface area contributed by atoms with Crippen LogP contribution in [0.15, 0.2) is 28.8 Å². The van der Waals surface area contributed by atoms with Crippen LogP contribution in [0.2, 0.25) is 0 Å². The van der Waals surface area contributed by atoms with Crippen LogP contribution in [0, 0.1) is 13.8 Å². The molecule has 2 heterocycles. The highest BCUT2D eigenvalue weighted by molar-refractivity contribution is 5.77. The fraction of sp³-hybridized carbons (Fsp3) is 0.600. The quantitative estimate of drug-likeness (QED) is 0.800. The van der Waals surface area contributed by atoms with Gasteiger partial charge in [-0.25, -0.2) is 0 Å². The molecule has 5 nitrogen and oxygen atoms in total. The van der Waals surface area contributed by atoms with Gasteiger partial charge >= 0.3 is 0 Å². The minimum atomic E-state index is 0.229. The van der Waals surface area contributed by atoms with Gasteiger partial charge in [-0.15, -0.1) is 0 Å². The SMILES string of the molecule is Cc1noc(C)c1CN1CCC2(CC1)C[C@H](CC(=O)NC1CCC1)c1ccccc12. The molecule has 0 unspecified atom stereocenters. The smallest absolute Gasteiger partial charge is 0.220 e. The number of nitrogens with zero attached hydrogens (tertiary/aromatic N) is 2. The maximum Gasteiger partial charge on any atom is 0.220 e. The van der Waals surface area contributed by atoms with Crippen molar-refractivity contribution in [3.05, 3.63) is 52.4 Å². The zero-order valence-electron chi connectivity index (χ0n) is 18.2. The number of hydrogen-bond donors (Lipinski definition) is 1. The fourth-order valence-electron chi connectivity index (χ4n) is 5.84. The van der Waals surface area contributed by atoms with Crippen molar-refractivity contribution in [2.75, 3.05) is 13.1 Å². The lowest BCUT2D eigenvalue weighted by atomic mass is 9.73. The van der Waals surface area contributed by atoms with Crippen molar-refractivity contribution in [2.45, 2.75) is 82.7 Å². The second-order valence-corrected chi connectivity index (χ2v) is 9.75. The molecule has 0 bridgehead atoms. The third-order valence-corrected chi connectivity index (χ3v) is 7.89. The van der Waals surface area contributed by atoms with Gasteiger partial charge in [-0.2, -0.15) is 0 Å². The number of rotatable bonds is 5. The molecule has 1 aromatic carbocycles. The van der Waals surface area contributed by atoms with E-state index in [1.807, 2.05) is 13.8 Å². The molecule has 0 radical (unpaired) electrons. The average molecular weight is 408 g/mol. The monoisotopic (exact) mass is 407 g/mol. The highest BCUT2D eigenvalue weighted by atomic mass is 16.5. The molecule has 2 aromatic rings. The minimum Gasteiger partial charge on any atom is -0.361 e. The van der Waals surface area contributed by atoms with E-state index in [-0.39, 0.29) is 11.3 Å². The molecule has 1 saturated carbocycles. The normalized spacial score (nSPS) is 23.3. The third-order valence-electron chi connectivity index (χ3n) is 7.89. The van der Waals surface area contributed by atoms with Crippen LogP contribution in [-0.4, -0.2) is 35.1 Å². The molecular weight excluding hydrogens is 374 g/mol. The Hall–Kier alpha value is -2.14. The van der Waals surface area contributed by atoms with Crippen LogP contribution in [0.1, 0.15) is 79.0 Å². The summed E-state index contributed by atoms with van der Waals surface area (Å²) in [5, 5.41) is 7.36. The molecule has 1 atom stereocenters. The van der Waals surface area contributed by atoms with Gasteiger partial charge in [0.2, 0.25) is 5.91 Å². The Labute approximate surface area is 179 Å². The van der Waals surface area contributed by atoms with Crippen molar-refractivity contribution in [1.29, 1.82) is 0 Å². The molecule has 160 valence electrons. The number of carbonyl (C=O) groups excluding carboxylic acids is 1. The predicted octanol–water partition coefficient (Wildman–Crippen LogP) is 4.37. The third kappa shape index (κ3) is 3.58. The molecule has 2 aliphatic carbocycles. The Balaban J connectivity index is 1.27. The number of aromatic nitrogens is 1. The van der Waals surface area contributed by atoms with Gasteiger partial charge in [0.1, 0.15) is 5.76 Å². The second-order valence-electron chi connectivity index (χ2n) is 9.75. The van der Waals surface area contributed by atoms with Gasteiger partial charge in [-0.3, -0.25) is 9.69 Å². The lowest BCUT2D eigenvalue weighted by molar-refractivity contribution is -0.122. The number of aryl methyl sites for hydroxylation is 2. The molecule has 5 rings (SSSR count). The summed E-state index contributed by atoms with van der Waals surface area (Å²) in [7, 11) is 0. The summed E-state index contributed by atoms with van der Waals surface area (Å²) in [6, 6.07) is 9.33. The Morgan fingerprint density at radius 1 is 1.23 bits per heavy atom. The first kappa shape index (κ1) is 19.8. The second kappa shape index (κ2) is 7.84. The first-order valence-corrected chi connectivity index (χ1v) is 11.6. The number of amides is 1. The number of hydrogen-bond acceptors (Lipinski definition) is 4. The van der Waals surface area contributed by atoms with E-state index in [0.29, 0.717) is 18.4 Å². The minimum absolute atomic E-state index is 0.229. The van der Waals surface area contributed by atoms with Crippen molar-refractivity contribution in [3.8, 4) is 0 Å². The Bertz CT molecular complexity index is 903. The maximum absolute atomic E-state index is 12.6. The number of carbonyl (C=O) groups is 1. The maximum atomic E-state index is 12.6. The Kier molecular flexibility index (Phi) is 5.18. The summed E-state index contributed by atoms with van der Waals surface area (Å²) in [4.78, 5) is 15.2. The number of likely N-dealkylation sites (tertiary alicyclic amines) is 1. The van der Waals surface area contributed by atoms with Crippen molar-refractivity contribution in [3.63, 3.8) is 0 Å². The first-order valence-electron chi connectivity index (χ1n) is 11.6. The summed E-state index contributed by atoms with van der Waals surface area (Å²) in [6.07, 6.45) is 7.63. The van der Waals surface area contributed by atoms with Crippen LogP contribution in [-0.2, 0) is 16.8 Å². The lowest BCUT2D eigenvalue weighted by Crippen LogP contribution is -2.41. The standard InChI is InChI=1S/C25H33N3O2/c1-17-22(18(2)30-27-17)16-28-12-10-25(11-13-28)15-19(21-8-3-4-9-23(21)25)14-24(29)26-20-6-5-7-20/h3-4,8-9,19-20H,5-7,10-16H2,1-2H3,(H,26,29)/t19-/m0/s1. The van der Waals surface area contributed by atoms with Crippen LogP contribution in [0.4, 0.5) is 0 Å². The molecule has 30 heavy (non-hydrogen) atoms. The Morgan fingerprint density at radius 2 is 2.00 bits per heavy atom. The number of nitrogens with one attached hydrogen (secondary N) is 1. The van der Waals surface area contributed by atoms with Gasteiger partial charge in [0.15, 0.2) is 0 Å². The highest BCUT2D eigenvalue weighted by Crippen LogP contribution is 2.52. The van der Waals surface area contributed by atoms with Gasteiger partial charge in [0.25, 0.3) is 0 Å². The van der Waals surface area contributed by atoms with Gasteiger partial charge in [0, 0.05) is 24.6 Å². The summed E-state index contributed by atoms with van der Waals surface area (Å²) in [5.41, 5.74) is 5.40. The largest absolute Gasteiger partial charge is 0.361 e. The van der Waals surface area contributed by atoms with Gasteiger partial charge in [0.05, 0.1) is 5.69 Å². The van der Waals surface area contributed by atoms with Gasteiger partial charge in [-0.1, -0.05) is 29.4 Å². The molecule has 5 heteroatoms. The number of piperidine rings is 1. The van der Waals surface area contributed by atoms with E-state index in [1.165, 1.54) is 23.1 Å². The predicted molar refractivity (Wildman–Crippen MR) is 116 cm³/mol. The van der Waals surface area contributed by atoms with Crippen LogP contribution in [0.5, 0.6) is 0 Å². The molecule has 1 amide bonds. The molecular formula is C25H33N3O2. The summed E-state index contributed by atoms with van der Waals surface area (Å²) in [5.74, 6) is 1.54. The molecule has 1 spiro atoms. The van der Waals surface area contributed by atoms with E-state index in [9.17, 15) is 4.79 Å². The Morgan fingerprint density at radius 3 is 2.67 bits per heavy atom. The van der Waals surface area contributed by atoms with Gasteiger partial charge < -0.3 is 9.84 Å². The van der Waals surface area contributed by atoms with E-state index < -0.39 is 0 Å². The van der Waals surface area contributed by atoms with Crippen LogP contribution in [0.25, 0.3) is 0 Å². The lowest BCUT2D eigenvalue weighted by Gasteiger charge is -2.40. The summed E-state index contributed by atoms with van der Waals surface area (Å²) >= 11 is 0.